The van der Waals surface area contributed by atoms with E-state index in [4.69, 9.17) is 5.11 Å². The van der Waals surface area contributed by atoms with Gasteiger partial charge in [-0.05, 0) is 12.8 Å². The van der Waals surface area contributed by atoms with Crippen molar-refractivity contribution in [3.05, 3.63) is 0 Å². The fraction of sp³-hybridized carbons (Fsp3) is 0.857. The number of aliphatic carboxylic acids is 1. The molecule has 6 heteroatoms. The van der Waals surface area contributed by atoms with E-state index in [0.717, 1.165) is 0 Å². The Morgan fingerprint density at radius 1 is 1.46 bits per heavy atom. The van der Waals surface area contributed by atoms with Crippen LogP contribution in [0, 0.1) is 0 Å². The van der Waals surface area contributed by atoms with E-state index in [1.165, 1.54) is 4.31 Å². The van der Waals surface area contributed by atoms with Crippen molar-refractivity contribution in [3.63, 3.8) is 0 Å². The third-order valence-corrected chi connectivity index (χ3v) is 3.96. The normalized spacial score (nSPS) is 21.8. The van der Waals surface area contributed by atoms with Gasteiger partial charge in [0.15, 0.2) is 0 Å². The first-order valence-electron chi connectivity index (χ1n) is 4.22. The molecule has 13 heavy (non-hydrogen) atoms. The number of sulfonamides is 1. The van der Waals surface area contributed by atoms with Crippen molar-refractivity contribution in [2.75, 3.05) is 18.8 Å². The van der Waals surface area contributed by atoms with Crippen molar-refractivity contribution in [1.82, 2.24) is 4.31 Å². The quantitative estimate of drug-likeness (QED) is 0.697. The van der Waals surface area contributed by atoms with Gasteiger partial charge in [0.1, 0.15) is 0 Å². The fourth-order valence-corrected chi connectivity index (χ4v) is 2.92. The largest absolute Gasteiger partial charge is 0.481 e. The molecule has 0 aromatic carbocycles. The number of carboxylic acids is 1. The highest BCUT2D eigenvalue weighted by Crippen LogP contribution is 2.13. The SMILES string of the molecule is O=C(O)CCCN1CCCS1(=O)=O. The summed E-state index contributed by atoms with van der Waals surface area (Å²) in [6.07, 6.45) is 1.09. The number of hydrogen-bond acceptors (Lipinski definition) is 3. The van der Waals surface area contributed by atoms with E-state index in [0.29, 0.717) is 25.9 Å². The molecule has 1 aliphatic rings. The highest BCUT2D eigenvalue weighted by molar-refractivity contribution is 7.89. The monoisotopic (exact) mass is 207 g/mol. The molecule has 0 atom stereocenters. The molecule has 0 spiro atoms. The van der Waals surface area contributed by atoms with E-state index in [1.807, 2.05) is 0 Å². The molecule has 1 rings (SSSR count). The predicted molar refractivity (Wildman–Crippen MR) is 46.8 cm³/mol. The minimum Gasteiger partial charge on any atom is -0.481 e. The zero-order valence-corrected chi connectivity index (χ0v) is 8.09. The maximum absolute atomic E-state index is 11.2. The average molecular weight is 207 g/mol. The minimum absolute atomic E-state index is 0.0337. The third-order valence-electron chi connectivity index (χ3n) is 2.00. The molecule has 1 fully saturated rings. The van der Waals surface area contributed by atoms with E-state index in [9.17, 15) is 13.2 Å². The van der Waals surface area contributed by atoms with Crippen LogP contribution < -0.4 is 0 Å². The summed E-state index contributed by atoms with van der Waals surface area (Å²) in [5.41, 5.74) is 0. The van der Waals surface area contributed by atoms with Crippen LogP contribution in [0.5, 0.6) is 0 Å². The molecule has 0 aromatic rings. The van der Waals surface area contributed by atoms with Gasteiger partial charge in [-0.1, -0.05) is 0 Å². The first-order chi connectivity index (χ1) is 6.02. The summed E-state index contributed by atoms with van der Waals surface area (Å²) >= 11 is 0. The van der Waals surface area contributed by atoms with Crippen molar-refractivity contribution in [2.24, 2.45) is 0 Å². The summed E-state index contributed by atoms with van der Waals surface area (Å²) in [6, 6.07) is 0. The zero-order valence-electron chi connectivity index (χ0n) is 7.27. The van der Waals surface area contributed by atoms with Crippen LogP contribution in [-0.2, 0) is 14.8 Å². The van der Waals surface area contributed by atoms with Gasteiger partial charge >= 0.3 is 5.97 Å². The van der Waals surface area contributed by atoms with Gasteiger partial charge in [0.05, 0.1) is 5.75 Å². The molecule has 0 radical (unpaired) electrons. The molecular formula is C7H13NO4S. The third kappa shape index (κ3) is 2.96. The van der Waals surface area contributed by atoms with Gasteiger partial charge in [0.2, 0.25) is 10.0 Å². The van der Waals surface area contributed by atoms with Gasteiger partial charge < -0.3 is 5.11 Å². The lowest BCUT2D eigenvalue weighted by Gasteiger charge is -2.12. The lowest BCUT2D eigenvalue weighted by atomic mass is 10.3. The first-order valence-corrected chi connectivity index (χ1v) is 5.83. The summed E-state index contributed by atoms with van der Waals surface area (Å²) in [5.74, 6) is -0.670. The van der Waals surface area contributed by atoms with Gasteiger partial charge in [-0.2, -0.15) is 0 Å². The molecular weight excluding hydrogens is 194 g/mol. The summed E-state index contributed by atoms with van der Waals surface area (Å²) in [7, 11) is -3.04. The van der Waals surface area contributed by atoms with Crippen LogP contribution >= 0.6 is 0 Å². The number of nitrogens with zero attached hydrogens (tertiary/aromatic N) is 1. The molecule has 0 unspecified atom stereocenters. The highest BCUT2D eigenvalue weighted by atomic mass is 32.2. The van der Waals surface area contributed by atoms with Gasteiger partial charge in [0, 0.05) is 19.5 Å². The molecule has 0 amide bonds. The Morgan fingerprint density at radius 2 is 2.15 bits per heavy atom. The molecule has 76 valence electrons. The number of carbonyl (C=O) groups is 1. The summed E-state index contributed by atoms with van der Waals surface area (Å²) in [6.45, 7) is 0.886. The van der Waals surface area contributed by atoms with Crippen LogP contribution in [-0.4, -0.2) is 42.6 Å². The highest BCUT2D eigenvalue weighted by Gasteiger charge is 2.27. The summed E-state index contributed by atoms with van der Waals surface area (Å²) in [4.78, 5) is 10.2. The molecule has 1 N–H and O–H groups in total. The Kier molecular flexibility index (Phi) is 3.27. The molecule has 0 aromatic heterocycles. The second-order valence-electron chi connectivity index (χ2n) is 3.07. The van der Waals surface area contributed by atoms with Crippen molar-refractivity contribution in [1.29, 1.82) is 0 Å². The second-order valence-corrected chi connectivity index (χ2v) is 5.15. The van der Waals surface area contributed by atoms with Gasteiger partial charge in [-0.15, -0.1) is 0 Å². The topological polar surface area (TPSA) is 74.7 Å². The summed E-state index contributed by atoms with van der Waals surface area (Å²) in [5, 5.41) is 8.35. The number of hydrogen-bond donors (Lipinski definition) is 1. The van der Waals surface area contributed by atoms with Crippen molar-refractivity contribution >= 4 is 16.0 Å². The predicted octanol–water partition coefficient (Wildman–Crippen LogP) is -0.113. The van der Waals surface area contributed by atoms with Crippen molar-refractivity contribution in [3.8, 4) is 0 Å². The van der Waals surface area contributed by atoms with Crippen LogP contribution in [0.2, 0.25) is 0 Å². The lowest BCUT2D eigenvalue weighted by molar-refractivity contribution is -0.137. The maximum Gasteiger partial charge on any atom is 0.303 e. The van der Waals surface area contributed by atoms with Crippen LogP contribution in [0.4, 0.5) is 0 Å². The standard InChI is InChI=1S/C7H13NO4S/c9-7(10)3-1-4-8-5-2-6-13(8,11)12/h1-6H2,(H,9,10). The van der Waals surface area contributed by atoms with Crippen LogP contribution in [0.3, 0.4) is 0 Å². The van der Waals surface area contributed by atoms with Gasteiger partial charge in [-0.3, -0.25) is 4.79 Å². The fourth-order valence-electron chi connectivity index (χ4n) is 1.35. The average Bonchev–Trinajstić information content (AvgIpc) is 2.30. The van der Waals surface area contributed by atoms with E-state index in [1.54, 1.807) is 0 Å². The molecule has 1 aliphatic heterocycles. The molecule has 0 saturated carbocycles. The van der Waals surface area contributed by atoms with E-state index in [-0.39, 0.29) is 12.2 Å². The molecule has 1 heterocycles. The van der Waals surface area contributed by atoms with E-state index < -0.39 is 16.0 Å². The van der Waals surface area contributed by atoms with Gasteiger partial charge in [0.25, 0.3) is 0 Å². The first kappa shape index (κ1) is 10.5. The zero-order chi connectivity index (χ0) is 9.90. The van der Waals surface area contributed by atoms with Crippen LogP contribution in [0.1, 0.15) is 19.3 Å². The van der Waals surface area contributed by atoms with Crippen molar-refractivity contribution in [2.45, 2.75) is 19.3 Å². The molecule has 0 bridgehead atoms. The smallest absolute Gasteiger partial charge is 0.303 e. The lowest BCUT2D eigenvalue weighted by Crippen LogP contribution is -2.27. The Bertz CT molecular complexity index is 285. The Labute approximate surface area is 77.4 Å². The van der Waals surface area contributed by atoms with E-state index >= 15 is 0 Å². The molecule has 5 nitrogen and oxygen atoms in total. The Hall–Kier alpha value is -0.620. The molecule has 0 aliphatic carbocycles. The summed E-state index contributed by atoms with van der Waals surface area (Å²) < 4.78 is 23.8. The number of rotatable bonds is 4. The maximum atomic E-state index is 11.2. The Morgan fingerprint density at radius 3 is 2.62 bits per heavy atom. The second kappa shape index (κ2) is 4.06. The minimum atomic E-state index is -3.04. The van der Waals surface area contributed by atoms with Crippen LogP contribution in [0.15, 0.2) is 0 Å². The Balaban J connectivity index is 2.33. The number of carboxylic acid groups (broad SMARTS) is 1. The van der Waals surface area contributed by atoms with Crippen LogP contribution in [0.25, 0.3) is 0 Å². The van der Waals surface area contributed by atoms with Crippen molar-refractivity contribution < 1.29 is 18.3 Å². The van der Waals surface area contributed by atoms with Gasteiger partial charge in [-0.25, -0.2) is 12.7 Å². The van der Waals surface area contributed by atoms with E-state index in [2.05, 4.69) is 0 Å². The molecule has 1 saturated heterocycles.